The predicted octanol–water partition coefficient (Wildman–Crippen LogP) is 1.50. The fourth-order valence-electron chi connectivity index (χ4n) is 1.83. The summed E-state index contributed by atoms with van der Waals surface area (Å²) in [7, 11) is 0. The van der Waals surface area contributed by atoms with Gasteiger partial charge in [-0.1, -0.05) is 0 Å². The topological polar surface area (TPSA) is 30.3 Å². The van der Waals surface area contributed by atoms with Crippen LogP contribution in [0, 0.1) is 0 Å². The molecule has 0 radical (unpaired) electrons. The van der Waals surface area contributed by atoms with Gasteiger partial charge in [0.25, 0.3) is 0 Å². The van der Waals surface area contributed by atoms with E-state index in [0.29, 0.717) is 0 Å². The first-order valence-electron chi connectivity index (χ1n) is 5.31. The summed E-state index contributed by atoms with van der Waals surface area (Å²) in [6.07, 6.45) is 1.95. The molecule has 0 aliphatic carbocycles. The molecule has 0 bridgehead atoms. The molecule has 0 spiro atoms. The Morgan fingerprint density at radius 2 is 2.20 bits per heavy atom. The molecule has 0 aromatic carbocycles. The molecule has 1 aromatic heterocycles. The molecule has 5 heteroatoms. The van der Waals surface area contributed by atoms with Crippen LogP contribution in [0.2, 0.25) is 0 Å². The zero-order valence-electron chi connectivity index (χ0n) is 8.95. The summed E-state index contributed by atoms with van der Waals surface area (Å²) >= 11 is 3.45. The van der Waals surface area contributed by atoms with E-state index in [1.165, 1.54) is 5.69 Å². The summed E-state index contributed by atoms with van der Waals surface area (Å²) in [5.41, 5.74) is 1.27. The second-order valence-corrected chi connectivity index (χ2v) is 4.36. The van der Waals surface area contributed by atoms with Crippen molar-refractivity contribution in [2.75, 3.05) is 26.3 Å². The number of halogens is 1. The van der Waals surface area contributed by atoms with E-state index in [0.717, 1.165) is 44.1 Å². The molecule has 1 aliphatic rings. The number of aromatic nitrogens is 2. The van der Waals surface area contributed by atoms with Crippen LogP contribution in [0.15, 0.2) is 10.9 Å². The number of hydrogen-bond donors (Lipinski definition) is 0. The molecule has 1 fully saturated rings. The van der Waals surface area contributed by atoms with Gasteiger partial charge in [0.15, 0.2) is 4.73 Å². The third-order valence-electron chi connectivity index (χ3n) is 2.70. The van der Waals surface area contributed by atoms with Gasteiger partial charge in [0.2, 0.25) is 0 Å². The lowest BCUT2D eigenvalue weighted by Crippen LogP contribution is -2.36. The summed E-state index contributed by atoms with van der Waals surface area (Å²) < 4.78 is 8.44. The molecule has 15 heavy (non-hydrogen) atoms. The van der Waals surface area contributed by atoms with Gasteiger partial charge in [-0.05, 0) is 22.9 Å². The minimum absolute atomic E-state index is 0.849. The largest absolute Gasteiger partial charge is 0.379 e. The summed E-state index contributed by atoms with van der Waals surface area (Å²) in [6, 6.07) is 0. The van der Waals surface area contributed by atoms with Gasteiger partial charge in [-0.25, -0.2) is 4.98 Å². The standard InChI is InChI=1S/C10H16BrN3O/c1-2-14-9(7-12-10(14)11)8-13-3-5-15-6-4-13/h7H,2-6,8H2,1H3. The Morgan fingerprint density at radius 3 is 2.87 bits per heavy atom. The first-order chi connectivity index (χ1) is 7.31. The van der Waals surface area contributed by atoms with Crippen LogP contribution in [0.5, 0.6) is 0 Å². The Morgan fingerprint density at radius 1 is 1.47 bits per heavy atom. The number of hydrogen-bond acceptors (Lipinski definition) is 3. The van der Waals surface area contributed by atoms with Crippen LogP contribution in [-0.2, 0) is 17.8 Å². The van der Waals surface area contributed by atoms with Gasteiger partial charge in [0, 0.05) is 26.2 Å². The van der Waals surface area contributed by atoms with Crippen molar-refractivity contribution in [1.29, 1.82) is 0 Å². The van der Waals surface area contributed by atoms with Crippen LogP contribution in [0.25, 0.3) is 0 Å². The molecule has 2 heterocycles. The number of imidazole rings is 1. The van der Waals surface area contributed by atoms with Crippen molar-refractivity contribution in [2.45, 2.75) is 20.0 Å². The van der Waals surface area contributed by atoms with Crippen molar-refractivity contribution in [3.05, 3.63) is 16.6 Å². The highest BCUT2D eigenvalue weighted by Crippen LogP contribution is 2.14. The van der Waals surface area contributed by atoms with Gasteiger partial charge in [0.1, 0.15) is 0 Å². The number of rotatable bonds is 3. The van der Waals surface area contributed by atoms with Crippen molar-refractivity contribution in [3.8, 4) is 0 Å². The maximum atomic E-state index is 5.33. The molecule has 1 aromatic rings. The maximum Gasteiger partial charge on any atom is 0.177 e. The van der Waals surface area contributed by atoms with Crippen LogP contribution >= 0.6 is 15.9 Å². The summed E-state index contributed by atoms with van der Waals surface area (Å²) in [5, 5.41) is 0. The molecular formula is C10H16BrN3O. The van der Waals surface area contributed by atoms with Crippen molar-refractivity contribution in [2.24, 2.45) is 0 Å². The van der Waals surface area contributed by atoms with Gasteiger partial charge in [-0.3, -0.25) is 4.90 Å². The predicted molar refractivity (Wildman–Crippen MR) is 61.7 cm³/mol. The lowest BCUT2D eigenvalue weighted by Gasteiger charge is -2.26. The third-order valence-corrected chi connectivity index (χ3v) is 3.33. The van der Waals surface area contributed by atoms with E-state index in [4.69, 9.17) is 4.74 Å². The van der Waals surface area contributed by atoms with Crippen LogP contribution in [0.3, 0.4) is 0 Å². The van der Waals surface area contributed by atoms with Crippen molar-refractivity contribution >= 4 is 15.9 Å². The van der Waals surface area contributed by atoms with Gasteiger partial charge >= 0.3 is 0 Å². The number of nitrogens with zero attached hydrogens (tertiary/aromatic N) is 3. The molecular weight excluding hydrogens is 258 g/mol. The Kier molecular flexibility index (Phi) is 3.77. The third kappa shape index (κ3) is 2.59. The average molecular weight is 274 g/mol. The van der Waals surface area contributed by atoms with E-state index in [2.05, 4.69) is 37.3 Å². The van der Waals surface area contributed by atoms with E-state index in [9.17, 15) is 0 Å². The molecule has 4 nitrogen and oxygen atoms in total. The Hall–Kier alpha value is -0.390. The zero-order chi connectivity index (χ0) is 10.7. The molecule has 2 rings (SSSR count). The average Bonchev–Trinajstić information content (AvgIpc) is 2.61. The van der Waals surface area contributed by atoms with Crippen molar-refractivity contribution < 1.29 is 4.74 Å². The highest BCUT2D eigenvalue weighted by atomic mass is 79.9. The highest BCUT2D eigenvalue weighted by Gasteiger charge is 2.14. The van der Waals surface area contributed by atoms with Crippen LogP contribution in [0.4, 0.5) is 0 Å². The summed E-state index contributed by atoms with van der Waals surface area (Å²) in [6.45, 7) is 7.80. The van der Waals surface area contributed by atoms with E-state index >= 15 is 0 Å². The second-order valence-electron chi connectivity index (χ2n) is 3.65. The van der Waals surface area contributed by atoms with E-state index in [1.54, 1.807) is 0 Å². The van der Waals surface area contributed by atoms with Crippen molar-refractivity contribution in [3.63, 3.8) is 0 Å². The first kappa shape index (κ1) is 11.1. The van der Waals surface area contributed by atoms with Crippen LogP contribution < -0.4 is 0 Å². The number of ether oxygens (including phenoxy) is 1. The van der Waals surface area contributed by atoms with Crippen molar-refractivity contribution in [1.82, 2.24) is 14.5 Å². The van der Waals surface area contributed by atoms with Gasteiger partial charge in [-0.15, -0.1) is 0 Å². The summed E-state index contributed by atoms with van der Waals surface area (Å²) in [5.74, 6) is 0. The van der Waals surface area contributed by atoms with Gasteiger partial charge < -0.3 is 9.30 Å². The Balaban J connectivity index is 2.02. The highest BCUT2D eigenvalue weighted by molar-refractivity contribution is 9.10. The lowest BCUT2D eigenvalue weighted by molar-refractivity contribution is 0.0332. The Labute approximate surface area is 98.4 Å². The van der Waals surface area contributed by atoms with Gasteiger partial charge in [-0.2, -0.15) is 0 Å². The molecule has 84 valence electrons. The van der Waals surface area contributed by atoms with E-state index in [1.807, 2.05) is 6.20 Å². The fraction of sp³-hybridized carbons (Fsp3) is 0.700. The molecule has 0 unspecified atom stereocenters. The quantitative estimate of drug-likeness (QED) is 0.836. The zero-order valence-corrected chi connectivity index (χ0v) is 10.5. The second kappa shape index (κ2) is 5.09. The minimum atomic E-state index is 0.849. The lowest BCUT2D eigenvalue weighted by atomic mass is 10.3. The molecule has 0 saturated carbocycles. The number of morpholine rings is 1. The Bertz CT molecular complexity index is 320. The molecule has 0 N–H and O–H groups in total. The van der Waals surface area contributed by atoms with Crippen LogP contribution in [-0.4, -0.2) is 40.8 Å². The maximum absolute atomic E-state index is 5.33. The fourth-order valence-corrected chi connectivity index (χ4v) is 2.41. The smallest absolute Gasteiger partial charge is 0.177 e. The first-order valence-corrected chi connectivity index (χ1v) is 6.10. The normalized spacial score (nSPS) is 18.3. The summed E-state index contributed by atoms with van der Waals surface area (Å²) in [4.78, 5) is 6.68. The van der Waals surface area contributed by atoms with Crippen LogP contribution in [0.1, 0.15) is 12.6 Å². The van der Waals surface area contributed by atoms with E-state index in [-0.39, 0.29) is 0 Å². The molecule has 0 amide bonds. The molecule has 1 saturated heterocycles. The van der Waals surface area contributed by atoms with Gasteiger partial charge in [0.05, 0.1) is 25.1 Å². The molecule has 1 aliphatic heterocycles. The SMILES string of the molecule is CCn1c(CN2CCOCC2)cnc1Br. The monoisotopic (exact) mass is 273 g/mol. The minimum Gasteiger partial charge on any atom is -0.379 e. The molecule has 0 atom stereocenters. The van der Waals surface area contributed by atoms with E-state index < -0.39 is 0 Å².